The molecule has 2 unspecified atom stereocenters. The van der Waals surface area contributed by atoms with Gasteiger partial charge in [-0.1, -0.05) is 52.9 Å². The summed E-state index contributed by atoms with van der Waals surface area (Å²) in [6.07, 6.45) is 0.740. The second kappa shape index (κ2) is 8.53. The molecule has 1 aromatic rings. The summed E-state index contributed by atoms with van der Waals surface area (Å²) < 4.78 is 0.269. The summed E-state index contributed by atoms with van der Waals surface area (Å²) in [6.45, 7) is 7.63. The minimum absolute atomic E-state index is 0.144. The molecule has 0 saturated carbocycles. The van der Waals surface area contributed by atoms with Crippen molar-refractivity contribution in [3.8, 4) is 0 Å². The Balaban J connectivity index is 2.79. The van der Waals surface area contributed by atoms with Gasteiger partial charge in [-0.25, -0.2) is 0 Å². The molecule has 2 atom stereocenters. The Kier molecular flexibility index (Phi) is 7.38. The van der Waals surface area contributed by atoms with E-state index < -0.39 is 0 Å². The van der Waals surface area contributed by atoms with Crippen LogP contribution in [0.4, 0.5) is 0 Å². The summed E-state index contributed by atoms with van der Waals surface area (Å²) in [6, 6.07) is 10.0. The molecule has 3 nitrogen and oxygen atoms in total. The third-order valence-corrected chi connectivity index (χ3v) is 3.45. The molecule has 1 rings (SSSR count). The molecule has 1 aromatic carbocycles. The zero-order valence-electron chi connectivity index (χ0n) is 11.9. The Morgan fingerprint density at radius 3 is 2.32 bits per heavy atom. The fraction of sp³-hybridized carbons (Fsp3) is 0.533. The van der Waals surface area contributed by atoms with Crippen LogP contribution in [0.2, 0.25) is 0 Å². The Morgan fingerprint density at radius 2 is 1.84 bits per heavy atom. The van der Waals surface area contributed by atoms with Crippen LogP contribution in [-0.2, 0) is 11.2 Å². The normalized spacial score (nSPS) is 13.9. The van der Waals surface area contributed by atoms with Crippen LogP contribution in [0, 0.1) is 0 Å². The summed E-state index contributed by atoms with van der Waals surface area (Å²) in [7, 11) is 0. The van der Waals surface area contributed by atoms with Gasteiger partial charge >= 0.3 is 0 Å². The molecule has 0 heterocycles. The Bertz CT molecular complexity index is 377. The fourth-order valence-electron chi connectivity index (χ4n) is 2.10. The molecule has 0 radical (unpaired) electrons. The number of alkyl halides is 1. The van der Waals surface area contributed by atoms with E-state index in [1.54, 1.807) is 0 Å². The molecule has 1 N–H and O–H groups in total. The third kappa shape index (κ3) is 5.48. The summed E-state index contributed by atoms with van der Waals surface area (Å²) in [5.74, 6) is 0.192. The van der Waals surface area contributed by atoms with Crippen LogP contribution < -0.4 is 5.32 Å². The first-order valence-corrected chi connectivity index (χ1v) is 8.05. The van der Waals surface area contributed by atoms with Gasteiger partial charge in [0, 0.05) is 13.1 Å². The zero-order valence-corrected chi connectivity index (χ0v) is 14.1. The second-order valence-corrected chi connectivity index (χ2v) is 6.40. The van der Waals surface area contributed by atoms with Crippen LogP contribution in [-0.4, -0.2) is 34.0 Å². The highest BCUT2D eigenvalue weighted by Gasteiger charge is 2.23. The predicted molar refractivity (Wildman–Crippen MR) is 88.5 cm³/mol. The molecule has 4 heteroatoms. The van der Waals surface area contributed by atoms with E-state index in [0.29, 0.717) is 0 Å². The number of halogens is 1. The van der Waals surface area contributed by atoms with E-state index in [1.807, 2.05) is 36.9 Å². The lowest BCUT2D eigenvalue weighted by Crippen LogP contribution is -2.49. The van der Waals surface area contributed by atoms with Gasteiger partial charge in [0.05, 0.1) is 10.1 Å². The molecule has 1 amide bonds. The largest absolute Gasteiger partial charge is 0.342 e. The first-order valence-electron chi connectivity index (χ1n) is 6.81. The van der Waals surface area contributed by atoms with Crippen molar-refractivity contribution < 1.29 is 4.79 Å². The number of carbonyl (C=O) groups excluding carboxylic acids is 1. The minimum Gasteiger partial charge on any atom is -0.342 e. The average molecular weight is 374 g/mol. The van der Waals surface area contributed by atoms with E-state index in [-0.39, 0.29) is 16.0 Å². The number of likely N-dealkylation sites (N-methyl/N-ethyl adjacent to an activating group) is 1. The van der Waals surface area contributed by atoms with Crippen molar-refractivity contribution in [3.63, 3.8) is 0 Å². The van der Waals surface area contributed by atoms with Crippen LogP contribution in [0.5, 0.6) is 0 Å². The number of nitrogens with one attached hydrogen (secondary N) is 1. The van der Waals surface area contributed by atoms with Gasteiger partial charge in [0.1, 0.15) is 0 Å². The van der Waals surface area contributed by atoms with E-state index in [4.69, 9.17) is 0 Å². The average Bonchev–Trinajstić information content (AvgIpc) is 2.40. The summed E-state index contributed by atoms with van der Waals surface area (Å²) in [5.41, 5.74) is 1.19. The lowest BCUT2D eigenvalue weighted by molar-refractivity contribution is -0.133. The van der Waals surface area contributed by atoms with E-state index in [1.165, 1.54) is 5.56 Å². The van der Waals surface area contributed by atoms with Crippen molar-refractivity contribution >= 4 is 28.5 Å². The van der Waals surface area contributed by atoms with Crippen LogP contribution in [0.3, 0.4) is 0 Å². The van der Waals surface area contributed by atoms with E-state index in [9.17, 15) is 4.79 Å². The van der Waals surface area contributed by atoms with Crippen molar-refractivity contribution in [2.24, 2.45) is 0 Å². The highest BCUT2D eigenvalue weighted by Crippen LogP contribution is 2.08. The number of amides is 1. The van der Waals surface area contributed by atoms with Crippen molar-refractivity contribution in [2.75, 3.05) is 13.1 Å². The number of hydrogen-bond acceptors (Lipinski definition) is 2. The van der Waals surface area contributed by atoms with E-state index >= 15 is 0 Å². The van der Waals surface area contributed by atoms with Gasteiger partial charge in [0.15, 0.2) is 0 Å². The first kappa shape index (κ1) is 16.4. The predicted octanol–water partition coefficient (Wildman–Crippen LogP) is 2.84. The van der Waals surface area contributed by atoms with E-state index in [2.05, 4.69) is 47.0 Å². The number of nitrogens with zero attached hydrogens (tertiary/aromatic N) is 1. The minimum atomic E-state index is -0.144. The topological polar surface area (TPSA) is 32.3 Å². The zero-order chi connectivity index (χ0) is 14.3. The fourth-order valence-corrected chi connectivity index (χ4v) is 2.53. The molecule has 0 bridgehead atoms. The van der Waals surface area contributed by atoms with E-state index in [0.717, 1.165) is 19.5 Å². The van der Waals surface area contributed by atoms with Gasteiger partial charge in [0.25, 0.3) is 0 Å². The summed E-state index contributed by atoms with van der Waals surface area (Å²) in [4.78, 5) is 14.4. The number of benzene rings is 1. The van der Waals surface area contributed by atoms with Crippen LogP contribution in [0.1, 0.15) is 26.3 Å². The van der Waals surface area contributed by atoms with Gasteiger partial charge in [0.2, 0.25) is 5.91 Å². The SMILES string of the molecule is CCN(CC)C(=O)C(Cc1ccccc1)NC(C)I. The number of rotatable bonds is 7. The van der Waals surface area contributed by atoms with Gasteiger partial charge in [-0.05, 0) is 32.8 Å². The monoisotopic (exact) mass is 374 g/mol. The summed E-state index contributed by atoms with van der Waals surface area (Å²) in [5, 5.41) is 3.37. The van der Waals surface area contributed by atoms with Crippen LogP contribution >= 0.6 is 22.6 Å². The maximum atomic E-state index is 12.5. The molecule has 0 fully saturated rings. The van der Waals surface area contributed by atoms with Gasteiger partial charge in [-0.3, -0.25) is 10.1 Å². The smallest absolute Gasteiger partial charge is 0.240 e. The molecule has 0 aliphatic rings. The lowest BCUT2D eigenvalue weighted by atomic mass is 10.0. The number of carbonyl (C=O) groups is 1. The van der Waals surface area contributed by atoms with Gasteiger partial charge in [-0.2, -0.15) is 0 Å². The molecular formula is C15H23IN2O. The molecular weight excluding hydrogens is 351 g/mol. The van der Waals surface area contributed by atoms with Crippen molar-refractivity contribution in [1.29, 1.82) is 0 Å². The molecule has 0 aromatic heterocycles. The molecule has 0 spiro atoms. The maximum Gasteiger partial charge on any atom is 0.240 e. The standard InChI is InChI=1S/C15H23IN2O/c1-4-18(5-2)15(19)14(17-12(3)16)11-13-9-7-6-8-10-13/h6-10,12,14,17H,4-5,11H2,1-3H3. The summed E-state index contributed by atoms with van der Waals surface area (Å²) >= 11 is 2.30. The number of hydrogen-bond donors (Lipinski definition) is 1. The Hall–Kier alpha value is -0.620. The Morgan fingerprint density at radius 1 is 1.26 bits per heavy atom. The van der Waals surface area contributed by atoms with Crippen molar-refractivity contribution in [1.82, 2.24) is 10.2 Å². The van der Waals surface area contributed by atoms with Gasteiger partial charge in [-0.15, -0.1) is 0 Å². The third-order valence-electron chi connectivity index (χ3n) is 3.09. The van der Waals surface area contributed by atoms with Crippen molar-refractivity contribution in [3.05, 3.63) is 35.9 Å². The molecule has 0 saturated heterocycles. The Labute approximate surface area is 129 Å². The molecule has 19 heavy (non-hydrogen) atoms. The second-order valence-electron chi connectivity index (χ2n) is 4.54. The van der Waals surface area contributed by atoms with Crippen LogP contribution in [0.15, 0.2) is 30.3 Å². The highest BCUT2D eigenvalue weighted by atomic mass is 127. The maximum absolute atomic E-state index is 12.5. The lowest BCUT2D eigenvalue weighted by Gasteiger charge is -2.27. The van der Waals surface area contributed by atoms with Crippen LogP contribution in [0.25, 0.3) is 0 Å². The van der Waals surface area contributed by atoms with Gasteiger partial charge < -0.3 is 4.90 Å². The first-order chi connectivity index (χ1) is 9.08. The quantitative estimate of drug-likeness (QED) is 0.452. The highest BCUT2D eigenvalue weighted by molar-refractivity contribution is 14.1. The van der Waals surface area contributed by atoms with Crippen molar-refractivity contribution in [2.45, 2.75) is 37.3 Å². The molecule has 0 aliphatic heterocycles. The molecule has 0 aliphatic carbocycles. The molecule has 106 valence electrons.